The molecule has 6 nitrogen and oxygen atoms in total. The van der Waals surface area contributed by atoms with Gasteiger partial charge in [-0.2, -0.15) is 0 Å². The van der Waals surface area contributed by atoms with Crippen LogP contribution >= 0.6 is 11.3 Å². The summed E-state index contributed by atoms with van der Waals surface area (Å²) >= 11 is 1.38. The van der Waals surface area contributed by atoms with Crippen LogP contribution in [0, 0.1) is 0 Å². The van der Waals surface area contributed by atoms with E-state index in [9.17, 15) is 9.59 Å². The Labute approximate surface area is 132 Å². The molecule has 0 radical (unpaired) electrons. The van der Waals surface area contributed by atoms with E-state index in [1.54, 1.807) is 12.5 Å². The highest BCUT2D eigenvalue weighted by atomic mass is 32.1. The lowest BCUT2D eigenvalue weighted by Gasteiger charge is -2.03. The topological polar surface area (TPSA) is 80.3 Å². The number of nitrogens with one attached hydrogen (secondary N) is 2. The lowest BCUT2D eigenvalue weighted by molar-refractivity contribution is -0.120. The van der Waals surface area contributed by atoms with Crippen LogP contribution in [0.25, 0.3) is 10.6 Å². The molecule has 0 aliphatic rings. The first kappa shape index (κ1) is 16.0. The second kappa shape index (κ2) is 7.56. The van der Waals surface area contributed by atoms with Crippen LogP contribution in [0.4, 0.5) is 0 Å². The van der Waals surface area contributed by atoms with Gasteiger partial charge >= 0.3 is 0 Å². The maximum absolute atomic E-state index is 11.9. The Morgan fingerprint density at radius 1 is 1.23 bits per heavy atom. The van der Waals surface area contributed by atoms with Crippen molar-refractivity contribution in [1.29, 1.82) is 0 Å². The number of carbonyl (C=O) groups excluding carboxylic acids is 2. The highest BCUT2D eigenvalue weighted by Gasteiger charge is 2.12. The summed E-state index contributed by atoms with van der Waals surface area (Å²) in [5, 5.41) is 7.57. The molecule has 2 amide bonds. The minimum absolute atomic E-state index is 0.0535. The fourth-order valence-corrected chi connectivity index (χ4v) is 2.56. The first-order valence-electron chi connectivity index (χ1n) is 6.79. The van der Waals surface area contributed by atoms with Gasteiger partial charge in [-0.05, 0) is 31.2 Å². The van der Waals surface area contributed by atoms with Crippen molar-refractivity contribution in [2.75, 3.05) is 20.2 Å². The Morgan fingerprint density at radius 2 is 1.95 bits per heavy atom. The van der Waals surface area contributed by atoms with Crippen molar-refractivity contribution in [3.63, 3.8) is 0 Å². The third-order valence-corrected chi connectivity index (χ3v) is 3.75. The van der Waals surface area contributed by atoms with Crippen LogP contribution < -0.4 is 15.4 Å². The largest absolute Gasteiger partial charge is 0.497 e. The van der Waals surface area contributed by atoms with Gasteiger partial charge in [-0.15, -0.1) is 11.3 Å². The summed E-state index contributed by atoms with van der Waals surface area (Å²) in [5.41, 5.74) is 1.22. The Morgan fingerprint density at radius 3 is 2.59 bits per heavy atom. The van der Waals surface area contributed by atoms with Crippen LogP contribution in [0.1, 0.15) is 17.4 Å². The Kier molecular flexibility index (Phi) is 5.48. The minimum atomic E-state index is -0.359. The van der Waals surface area contributed by atoms with Crippen molar-refractivity contribution in [2.45, 2.75) is 6.92 Å². The van der Waals surface area contributed by atoms with E-state index in [0.29, 0.717) is 12.2 Å². The number of hydrogen-bond acceptors (Lipinski definition) is 5. The van der Waals surface area contributed by atoms with Gasteiger partial charge in [0, 0.05) is 17.5 Å². The smallest absolute Gasteiger partial charge is 0.271 e. The van der Waals surface area contributed by atoms with Gasteiger partial charge < -0.3 is 15.4 Å². The first-order valence-corrected chi connectivity index (χ1v) is 7.67. The number of ether oxygens (including phenoxy) is 1. The molecular weight excluding hydrogens is 302 g/mol. The number of hydrogen-bond donors (Lipinski definition) is 2. The molecule has 7 heteroatoms. The fourth-order valence-electron chi connectivity index (χ4n) is 1.75. The van der Waals surface area contributed by atoms with Gasteiger partial charge in [0.2, 0.25) is 5.91 Å². The van der Waals surface area contributed by atoms with Crippen molar-refractivity contribution in [2.24, 2.45) is 0 Å². The predicted molar refractivity (Wildman–Crippen MR) is 85.1 cm³/mol. The van der Waals surface area contributed by atoms with Crippen molar-refractivity contribution in [3.05, 3.63) is 35.3 Å². The predicted octanol–water partition coefficient (Wildman–Crippen LogP) is 1.68. The zero-order chi connectivity index (χ0) is 15.9. The average molecular weight is 319 g/mol. The number of methoxy groups -OCH3 is 1. The molecule has 1 aromatic carbocycles. The molecule has 1 aromatic heterocycles. The zero-order valence-electron chi connectivity index (χ0n) is 12.4. The summed E-state index contributed by atoms with van der Waals surface area (Å²) in [6.07, 6.45) is 0. The first-order chi connectivity index (χ1) is 10.6. The maximum Gasteiger partial charge on any atom is 0.271 e. The number of thiazole rings is 1. The van der Waals surface area contributed by atoms with Crippen LogP contribution in [0.5, 0.6) is 5.75 Å². The lowest BCUT2D eigenvalue weighted by Crippen LogP contribution is -2.36. The number of nitrogens with zero attached hydrogens (tertiary/aromatic N) is 1. The van der Waals surface area contributed by atoms with E-state index in [1.165, 1.54) is 11.3 Å². The number of amides is 2. The minimum Gasteiger partial charge on any atom is -0.497 e. The van der Waals surface area contributed by atoms with Crippen LogP contribution in [0.3, 0.4) is 0 Å². The Balaban J connectivity index is 2.00. The van der Waals surface area contributed by atoms with E-state index < -0.39 is 0 Å². The normalized spacial score (nSPS) is 10.1. The van der Waals surface area contributed by atoms with Gasteiger partial charge in [0.1, 0.15) is 16.5 Å². The number of aromatic nitrogens is 1. The molecule has 0 fully saturated rings. The molecule has 0 aliphatic carbocycles. The van der Waals surface area contributed by atoms with Crippen LogP contribution in [0.15, 0.2) is 29.6 Å². The summed E-state index contributed by atoms with van der Waals surface area (Å²) in [5.74, 6) is 0.184. The molecule has 0 saturated heterocycles. The number of rotatable bonds is 6. The zero-order valence-corrected chi connectivity index (χ0v) is 13.2. The Bertz CT molecular complexity index is 652. The molecule has 2 N–H and O–H groups in total. The number of carbonyl (C=O) groups is 2. The van der Waals surface area contributed by atoms with Gasteiger partial charge in [0.15, 0.2) is 0 Å². The molecular formula is C15H17N3O3S. The van der Waals surface area contributed by atoms with Crippen molar-refractivity contribution >= 4 is 23.2 Å². The summed E-state index contributed by atoms with van der Waals surface area (Å²) < 4.78 is 5.10. The fraction of sp³-hybridized carbons (Fsp3) is 0.267. The molecule has 0 bridgehead atoms. The van der Waals surface area contributed by atoms with E-state index in [4.69, 9.17) is 4.74 Å². The second-order valence-corrected chi connectivity index (χ2v) is 5.26. The molecule has 2 aromatic rings. The van der Waals surface area contributed by atoms with E-state index in [1.807, 2.05) is 31.2 Å². The standard InChI is InChI=1S/C15H17N3O3S/c1-3-16-13(19)8-17-14(20)12-9-22-15(18-12)10-4-6-11(21-2)7-5-10/h4-7,9H,3,8H2,1-2H3,(H,16,19)(H,17,20). The van der Waals surface area contributed by atoms with E-state index in [0.717, 1.165) is 16.3 Å². The van der Waals surface area contributed by atoms with Crippen molar-refractivity contribution in [3.8, 4) is 16.3 Å². The molecule has 22 heavy (non-hydrogen) atoms. The van der Waals surface area contributed by atoms with Crippen LogP contribution in [-0.4, -0.2) is 37.0 Å². The van der Waals surface area contributed by atoms with Crippen molar-refractivity contribution < 1.29 is 14.3 Å². The highest BCUT2D eigenvalue weighted by Crippen LogP contribution is 2.25. The number of likely N-dealkylation sites (N-methyl/N-ethyl adjacent to an activating group) is 1. The molecule has 0 unspecified atom stereocenters. The molecule has 1 heterocycles. The third-order valence-electron chi connectivity index (χ3n) is 2.86. The number of benzene rings is 1. The van der Waals surface area contributed by atoms with Gasteiger partial charge in [-0.1, -0.05) is 0 Å². The monoisotopic (exact) mass is 319 g/mol. The molecule has 2 rings (SSSR count). The summed E-state index contributed by atoms with van der Waals surface area (Å²) in [7, 11) is 1.61. The summed E-state index contributed by atoms with van der Waals surface area (Å²) in [4.78, 5) is 27.5. The van der Waals surface area contributed by atoms with Crippen LogP contribution in [0.2, 0.25) is 0 Å². The molecule has 116 valence electrons. The SMILES string of the molecule is CCNC(=O)CNC(=O)c1csc(-c2ccc(OC)cc2)n1. The van der Waals surface area contributed by atoms with Crippen LogP contribution in [-0.2, 0) is 4.79 Å². The average Bonchev–Trinajstić information content (AvgIpc) is 3.03. The molecule has 0 atom stereocenters. The highest BCUT2D eigenvalue weighted by molar-refractivity contribution is 7.13. The van der Waals surface area contributed by atoms with E-state index >= 15 is 0 Å². The van der Waals surface area contributed by atoms with Gasteiger partial charge in [0.25, 0.3) is 5.91 Å². The second-order valence-electron chi connectivity index (χ2n) is 4.40. The Hall–Kier alpha value is -2.41. The van der Waals surface area contributed by atoms with Gasteiger partial charge in [0.05, 0.1) is 13.7 Å². The molecule has 0 aliphatic heterocycles. The maximum atomic E-state index is 11.9. The van der Waals surface area contributed by atoms with E-state index in [2.05, 4.69) is 15.6 Å². The van der Waals surface area contributed by atoms with Gasteiger partial charge in [-0.25, -0.2) is 4.98 Å². The summed E-state index contributed by atoms with van der Waals surface area (Å²) in [6, 6.07) is 7.44. The summed E-state index contributed by atoms with van der Waals surface area (Å²) in [6.45, 7) is 2.30. The molecule has 0 spiro atoms. The van der Waals surface area contributed by atoms with Gasteiger partial charge in [-0.3, -0.25) is 9.59 Å². The van der Waals surface area contributed by atoms with E-state index in [-0.39, 0.29) is 18.4 Å². The quantitative estimate of drug-likeness (QED) is 0.849. The van der Waals surface area contributed by atoms with Crippen molar-refractivity contribution in [1.82, 2.24) is 15.6 Å². The third kappa shape index (κ3) is 4.05. The molecule has 0 saturated carbocycles. The lowest BCUT2D eigenvalue weighted by atomic mass is 10.2.